The number of hydrogen-bond acceptors (Lipinski definition) is 4. The van der Waals surface area contributed by atoms with Gasteiger partial charge in [-0.15, -0.1) is 0 Å². The van der Waals surface area contributed by atoms with E-state index >= 15 is 0 Å². The maximum atomic E-state index is 12.7. The van der Waals surface area contributed by atoms with Crippen molar-refractivity contribution in [2.24, 2.45) is 0 Å². The minimum atomic E-state index is -4.57. The quantitative estimate of drug-likeness (QED) is 0.759. The summed E-state index contributed by atoms with van der Waals surface area (Å²) in [6.45, 7) is 1.58. The SMILES string of the molecule is Cc1cc(=O)[nH]c(SCC(=O)Nc2cc(C(F)(F)F)ccc2Cl)c1C#N. The third-order valence-electron chi connectivity index (χ3n) is 3.23. The van der Waals surface area contributed by atoms with Crippen LogP contribution in [0.25, 0.3) is 0 Å². The lowest BCUT2D eigenvalue weighted by atomic mass is 10.2. The largest absolute Gasteiger partial charge is 0.416 e. The molecule has 2 aromatic rings. The van der Waals surface area contributed by atoms with E-state index in [1.807, 2.05) is 6.07 Å². The standard InChI is InChI=1S/C16H11ClF3N3O2S/c1-8-4-13(24)23-15(10(8)6-21)26-7-14(25)22-12-5-9(16(18,19)20)2-3-11(12)17/h2-5H,7H2,1H3,(H,22,25)(H,23,24). The Hall–Kier alpha value is -2.44. The van der Waals surface area contributed by atoms with Crippen LogP contribution < -0.4 is 10.9 Å². The fraction of sp³-hybridized carbons (Fsp3) is 0.188. The maximum absolute atomic E-state index is 12.7. The van der Waals surface area contributed by atoms with Gasteiger partial charge in [0, 0.05) is 6.07 Å². The van der Waals surface area contributed by atoms with Crippen molar-refractivity contribution in [3.8, 4) is 6.07 Å². The number of thioether (sulfide) groups is 1. The molecular formula is C16H11ClF3N3O2S. The normalized spacial score (nSPS) is 11.1. The lowest BCUT2D eigenvalue weighted by Gasteiger charge is -2.12. The lowest BCUT2D eigenvalue weighted by Crippen LogP contribution is -2.16. The molecule has 1 aromatic carbocycles. The molecule has 0 atom stereocenters. The summed E-state index contributed by atoms with van der Waals surface area (Å²) < 4.78 is 38.2. The molecule has 136 valence electrons. The van der Waals surface area contributed by atoms with Gasteiger partial charge in [0.2, 0.25) is 11.5 Å². The molecule has 0 unspecified atom stereocenters. The van der Waals surface area contributed by atoms with E-state index in [0.717, 1.165) is 30.0 Å². The second-order valence-electron chi connectivity index (χ2n) is 5.16. The molecule has 0 aliphatic rings. The first kappa shape index (κ1) is 19.9. The number of halogens is 4. The highest BCUT2D eigenvalue weighted by molar-refractivity contribution is 8.00. The van der Waals surface area contributed by atoms with E-state index < -0.39 is 23.2 Å². The Morgan fingerprint density at radius 1 is 1.38 bits per heavy atom. The van der Waals surface area contributed by atoms with Gasteiger partial charge in [0.15, 0.2) is 0 Å². The van der Waals surface area contributed by atoms with Gasteiger partial charge in [-0.3, -0.25) is 9.59 Å². The summed E-state index contributed by atoms with van der Waals surface area (Å²) in [5.74, 6) is -0.872. The van der Waals surface area contributed by atoms with Crippen molar-refractivity contribution in [2.45, 2.75) is 18.1 Å². The highest BCUT2D eigenvalue weighted by Crippen LogP contribution is 2.34. The Kier molecular flexibility index (Phi) is 6.00. The van der Waals surface area contributed by atoms with Gasteiger partial charge in [0.1, 0.15) is 6.07 Å². The van der Waals surface area contributed by atoms with E-state index in [1.54, 1.807) is 6.92 Å². The molecule has 0 aliphatic carbocycles. The molecule has 0 aliphatic heterocycles. The van der Waals surface area contributed by atoms with E-state index in [2.05, 4.69) is 10.3 Å². The molecule has 0 saturated carbocycles. The van der Waals surface area contributed by atoms with Crippen LogP contribution in [0.5, 0.6) is 0 Å². The number of carbonyl (C=O) groups excluding carboxylic acids is 1. The number of nitrogens with zero attached hydrogens (tertiary/aromatic N) is 1. The highest BCUT2D eigenvalue weighted by atomic mass is 35.5. The Labute approximate surface area is 155 Å². The first-order valence-corrected chi connectivity index (χ1v) is 8.41. The second-order valence-corrected chi connectivity index (χ2v) is 6.55. The lowest BCUT2D eigenvalue weighted by molar-refractivity contribution is -0.137. The first-order valence-electron chi connectivity index (χ1n) is 7.05. The molecule has 5 nitrogen and oxygen atoms in total. The van der Waals surface area contributed by atoms with Gasteiger partial charge < -0.3 is 10.3 Å². The molecule has 0 bridgehead atoms. The number of benzene rings is 1. The number of rotatable bonds is 4. The molecule has 0 spiro atoms. The zero-order valence-corrected chi connectivity index (χ0v) is 14.8. The predicted molar refractivity (Wildman–Crippen MR) is 92.3 cm³/mol. The van der Waals surface area contributed by atoms with Gasteiger partial charge in [0.05, 0.1) is 32.6 Å². The summed E-state index contributed by atoms with van der Waals surface area (Å²) >= 11 is 6.70. The molecular weight excluding hydrogens is 391 g/mol. The number of pyridine rings is 1. The van der Waals surface area contributed by atoms with Crippen molar-refractivity contribution in [1.29, 1.82) is 5.26 Å². The number of alkyl halides is 3. The Morgan fingerprint density at radius 3 is 2.69 bits per heavy atom. The number of nitrogens with one attached hydrogen (secondary N) is 2. The average molecular weight is 402 g/mol. The van der Waals surface area contributed by atoms with Crippen LogP contribution in [-0.2, 0) is 11.0 Å². The number of anilines is 1. The van der Waals surface area contributed by atoms with E-state index in [-0.39, 0.29) is 27.1 Å². The molecule has 2 N–H and O–H groups in total. The van der Waals surface area contributed by atoms with Gasteiger partial charge in [-0.1, -0.05) is 23.4 Å². The zero-order valence-electron chi connectivity index (χ0n) is 13.2. The Morgan fingerprint density at radius 2 is 2.08 bits per heavy atom. The van der Waals surface area contributed by atoms with Crippen molar-refractivity contribution in [3.05, 3.63) is 56.3 Å². The fourth-order valence-corrected chi connectivity index (χ4v) is 3.06. The van der Waals surface area contributed by atoms with Crippen LogP contribution in [0.3, 0.4) is 0 Å². The van der Waals surface area contributed by atoms with Crippen LogP contribution in [-0.4, -0.2) is 16.6 Å². The minimum absolute atomic E-state index is 0.0435. The number of H-pyrrole nitrogens is 1. The monoisotopic (exact) mass is 401 g/mol. The summed E-state index contributed by atoms with van der Waals surface area (Å²) in [5, 5.41) is 11.6. The molecule has 0 fully saturated rings. The number of aryl methyl sites for hydroxylation is 1. The number of amides is 1. The number of aromatic amines is 1. The second kappa shape index (κ2) is 7.85. The third kappa shape index (κ3) is 4.80. The van der Waals surface area contributed by atoms with Crippen molar-refractivity contribution in [3.63, 3.8) is 0 Å². The third-order valence-corrected chi connectivity index (χ3v) is 4.56. The van der Waals surface area contributed by atoms with E-state index in [1.165, 1.54) is 6.07 Å². The number of aromatic nitrogens is 1. The van der Waals surface area contributed by atoms with E-state index in [9.17, 15) is 22.8 Å². The molecule has 1 heterocycles. The molecule has 0 saturated heterocycles. The molecule has 10 heteroatoms. The van der Waals surface area contributed by atoms with Crippen LogP contribution in [0.4, 0.5) is 18.9 Å². The number of carbonyl (C=O) groups is 1. The van der Waals surface area contributed by atoms with Gasteiger partial charge in [-0.2, -0.15) is 18.4 Å². The number of hydrogen-bond donors (Lipinski definition) is 2. The predicted octanol–water partition coefficient (Wildman–Crippen LogP) is 3.96. The van der Waals surface area contributed by atoms with E-state index in [0.29, 0.717) is 5.56 Å². The van der Waals surface area contributed by atoms with Crippen molar-refractivity contribution in [1.82, 2.24) is 4.98 Å². The molecule has 26 heavy (non-hydrogen) atoms. The average Bonchev–Trinajstić information content (AvgIpc) is 2.53. The van der Waals surface area contributed by atoms with Gasteiger partial charge in [-0.25, -0.2) is 0 Å². The highest BCUT2D eigenvalue weighted by Gasteiger charge is 2.31. The smallest absolute Gasteiger partial charge is 0.324 e. The summed E-state index contributed by atoms with van der Waals surface area (Å²) in [6, 6.07) is 5.77. The Bertz CT molecular complexity index is 951. The number of nitriles is 1. The zero-order chi connectivity index (χ0) is 19.5. The van der Waals surface area contributed by atoms with Crippen LogP contribution in [0, 0.1) is 18.3 Å². The van der Waals surface area contributed by atoms with Gasteiger partial charge in [-0.05, 0) is 30.7 Å². The minimum Gasteiger partial charge on any atom is -0.324 e. The van der Waals surface area contributed by atoms with Crippen LogP contribution in [0.1, 0.15) is 16.7 Å². The van der Waals surface area contributed by atoms with Crippen molar-refractivity contribution in [2.75, 3.05) is 11.1 Å². The van der Waals surface area contributed by atoms with Crippen molar-refractivity contribution >= 4 is 35.0 Å². The van der Waals surface area contributed by atoms with Crippen LogP contribution in [0.15, 0.2) is 34.1 Å². The summed E-state index contributed by atoms with van der Waals surface area (Å²) in [7, 11) is 0. The Balaban J connectivity index is 2.14. The fourth-order valence-electron chi connectivity index (χ4n) is 2.03. The summed E-state index contributed by atoms with van der Waals surface area (Å²) in [4.78, 5) is 26.0. The molecule has 1 aromatic heterocycles. The van der Waals surface area contributed by atoms with E-state index in [4.69, 9.17) is 16.9 Å². The van der Waals surface area contributed by atoms with Crippen LogP contribution in [0.2, 0.25) is 5.02 Å². The first-order chi connectivity index (χ1) is 12.1. The van der Waals surface area contributed by atoms with Gasteiger partial charge >= 0.3 is 6.18 Å². The van der Waals surface area contributed by atoms with Gasteiger partial charge in [0.25, 0.3) is 0 Å². The molecule has 2 rings (SSSR count). The summed E-state index contributed by atoms with van der Waals surface area (Å²) in [6.07, 6.45) is -4.57. The molecule has 1 amide bonds. The maximum Gasteiger partial charge on any atom is 0.416 e. The van der Waals surface area contributed by atoms with Crippen LogP contribution >= 0.6 is 23.4 Å². The molecule has 0 radical (unpaired) electrons. The topological polar surface area (TPSA) is 85.8 Å². The summed E-state index contributed by atoms with van der Waals surface area (Å²) in [5.41, 5.74) is -0.866. The van der Waals surface area contributed by atoms with Crippen molar-refractivity contribution < 1.29 is 18.0 Å².